The van der Waals surface area contributed by atoms with Crippen LogP contribution in [0.25, 0.3) is 22.3 Å². The molecule has 0 fully saturated rings. The quantitative estimate of drug-likeness (QED) is 0.112. The molecule has 0 saturated heterocycles. The molecule has 4 aromatic carbocycles. The smallest absolute Gasteiger partial charge is 0.120 e. The van der Waals surface area contributed by atoms with E-state index in [-0.39, 0.29) is 48.6 Å². The molecular formula is C53H64N4O4. The number of hydrogen-bond acceptors (Lipinski definition) is 8. The molecule has 0 aliphatic carbocycles. The van der Waals surface area contributed by atoms with E-state index in [1.54, 1.807) is 0 Å². The van der Waals surface area contributed by atoms with Crippen molar-refractivity contribution in [3.05, 3.63) is 119 Å². The minimum atomic E-state index is -0.774. The molecule has 0 aromatic heterocycles. The zero-order chi connectivity index (χ0) is 43.5. The lowest BCUT2D eigenvalue weighted by molar-refractivity contribution is -0.00352. The van der Waals surface area contributed by atoms with Gasteiger partial charge in [0.1, 0.15) is 54.8 Å². The highest BCUT2D eigenvalue weighted by Gasteiger charge is 2.37. The van der Waals surface area contributed by atoms with Gasteiger partial charge in [-0.25, -0.2) is 0 Å². The van der Waals surface area contributed by atoms with Crippen molar-refractivity contribution in [2.75, 3.05) is 47.7 Å². The first-order chi connectivity index (χ1) is 28.6. The molecule has 0 spiro atoms. The first kappa shape index (κ1) is 42.0. The summed E-state index contributed by atoms with van der Waals surface area (Å²) in [4.78, 5) is 0. The van der Waals surface area contributed by atoms with Gasteiger partial charge in [0.05, 0.1) is 22.2 Å². The molecule has 8 heteroatoms. The van der Waals surface area contributed by atoms with Gasteiger partial charge in [0.15, 0.2) is 0 Å². The third-order valence-electron chi connectivity index (χ3n) is 12.0. The number of fused-ring (bicyclic) bond motifs is 4. The lowest BCUT2D eigenvalue weighted by Gasteiger charge is -2.35. The predicted octanol–water partition coefficient (Wildman–Crippen LogP) is 12.7. The summed E-state index contributed by atoms with van der Waals surface area (Å²) in [5, 5.41) is 14.6. The van der Waals surface area contributed by atoms with Crippen molar-refractivity contribution in [3.8, 4) is 23.0 Å². The van der Waals surface area contributed by atoms with E-state index in [1.807, 2.05) is 24.3 Å². The average Bonchev–Trinajstić information content (AvgIpc) is 3.16. The second-order valence-corrected chi connectivity index (χ2v) is 20.2. The highest BCUT2D eigenvalue weighted by molar-refractivity contribution is 5.83. The fraction of sp³-hybridized carbons (Fsp3) is 0.396. The Labute approximate surface area is 363 Å². The van der Waals surface area contributed by atoms with Crippen LogP contribution in [0.3, 0.4) is 0 Å². The van der Waals surface area contributed by atoms with Crippen LogP contribution >= 0.6 is 0 Å². The minimum absolute atomic E-state index is 0.132. The number of rotatable bonds is 12. The summed E-state index contributed by atoms with van der Waals surface area (Å²) in [5.41, 5.74) is 12.4. The second-order valence-electron chi connectivity index (χ2n) is 20.2. The van der Waals surface area contributed by atoms with Gasteiger partial charge in [-0.15, -0.1) is 0 Å². The minimum Gasteiger partial charge on any atom is -0.493 e. The van der Waals surface area contributed by atoms with E-state index in [4.69, 9.17) is 18.9 Å². The average molecular weight is 821 g/mol. The van der Waals surface area contributed by atoms with Crippen LogP contribution in [-0.4, -0.2) is 48.6 Å². The van der Waals surface area contributed by atoms with Gasteiger partial charge < -0.3 is 40.2 Å². The molecule has 61 heavy (non-hydrogen) atoms. The maximum absolute atomic E-state index is 6.84. The molecule has 0 amide bonds. The van der Waals surface area contributed by atoms with Crippen LogP contribution in [0.5, 0.6) is 23.0 Å². The first-order valence-electron chi connectivity index (χ1n) is 21.6. The topological polar surface area (TPSA) is 85.0 Å². The van der Waals surface area contributed by atoms with Crippen molar-refractivity contribution in [2.45, 2.75) is 105 Å². The summed E-state index contributed by atoms with van der Waals surface area (Å²) < 4.78 is 27.4. The normalized spacial score (nSPS) is 18.6. The van der Waals surface area contributed by atoms with E-state index in [9.17, 15) is 0 Å². The number of anilines is 4. The van der Waals surface area contributed by atoms with Gasteiger partial charge in [0, 0.05) is 45.0 Å². The van der Waals surface area contributed by atoms with Crippen LogP contribution in [0.4, 0.5) is 22.7 Å². The van der Waals surface area contributed by atoms with E-state index in [1.165, 1.54) is 22.3 Å². The zero-order valence-corrected chi connectivity index (χ0v) is 38.2. The highest BCUT2D eigenvalue weighted by Crippen LogP contribution is 2.41. The van der Waals surface area contributed by atoms with Crippen LogP contribution in [0.1, 0.15) is 105 Å². The Balaban J connectivity index is 1.14. The summed E-state index contributed by atoms with van der Waals surface area (Å²) in [6, 6.07) is 25.1. The lowest BCUT2D eigenvalue weighted by Crippen LogP contribution is -2.45. The molecule has 4 aliphatic heterocycles. The van der Waals surface area contributed by atoms with Gasteiger partial charge >= 0.3 is 0 Å². The van der Waals surface area contributed by atoms with Gasteiger partial charge in [-0.2, -0.15) is 0 Å². The fourth-order valence-electron chi connectivity index (χ4n) is 9.40. The molecule has 0 radical (unpaired) electrons. The largest absolute Gasteiger partial charge is 0.493 e. The predicted molar refractivity (Wildman–Crippen MR) is 256 cm³/mol. The standard InChI is InChI=1S/C53H64N4O4/c1-33-25-49(5,6)54-45-17-13-37(21-41(33)45)58-29-53(30-59-38-14-18-46-42(22-38)34(2)26-50(7,8)55-46,31-60-39-15-19-47-43(23-39)35(3)27-51(9,10)56-47)32-61-40-16-20-48-44(24-40)36(4)28-52(11,12)57-48/h13-28,54-57H,29-32H2,1-12H3. The van der Waals surface area contributed by atoms with Crippen LogP contribution in [0, 0.1) is 5.41 Å². The fourth-order valence-corrected chi connectivity index (χ4v) is 9.40. The molecule has 320 valence electrons. The summed E-state index contributed by atoms with van der Waals surface area (Å²) in [7, 11) is 0. The van der Waals surface area contributed by atoms with Gasteiger partial charge in [-0.1, -0.05) is 24.3 Å². The Morgan fingerprint density at radius 1 is 0.361 bits per heavy atom. The van der Waals surface area contributed by atoms with Crippen molar-refractivity contribution in [2.24, 2.45) is 5.41 Å². The maximum atomic E-state index is 6.84. The van der Waals surface area contributed by atoms with Gasteiger partial charge in [-0.05, 0) is 178 Å². The van der Waals surface area contributed by atoms with Crippen molar-refractivity contribution in [3.63, 3.8) is 0 Å². The third-order valence-corrected chi connectivity index (χ3v) is 12.0. The van der Waals surface area contributed by atoms with E-state index in [2.05, 4.69) is 177 Å². The molecule has 8 nitrogen and oxygen atoms in total. The molecule has 0 bridgehead atoms. The summed E-state index contributed by atoms with van der Waals surface area (Å²) in [6.07, 6.45) is 9.07. The van der Waals surface area contributed by atoms with Crippen molar-refractivity contribution >= 4 is 45.0 Å². The van der Waals surface area contributed by atoms with Gasteiger partial charge in [0.25, 0.3) is 0 Å². The Kier molecular flexibility index (Phi) is 10.5. The van der Waals surface area contributed by atoms with Gasteiger partial charge in [-0.3, -0.25) is 0 Å². The van der Waals surface area contributed by atoms with Crippen molar-refractivity contribution in [1.29, 1.82) is 0 Å². The summed E-state index contributed by atoms with van der Waals surface area (Å²) >= 11 is 0. The van der Waals surface area contributed by atoms with Crippen molar-refractivity contribution in [1.82, 2.24) is 0 Å². The summed E-state index contributed by atoms with van der Waals surface area (Å²) in [5.74, 6) is 3.08. The Hall–Kier alpha value is -5.76. The number of nitrogens with one attached hydrogen (secondary N) is 4. The van der Waals surface area contributed by atoms with Gasteiger partial charge in [0.2, 0.25) is 0 Å². The highest BCUT2D eigenvalue weighted by atomic mass is 16.5. The molecule has 0 unspecified atom stereocenters. The van der Waals surface area contributed by atoms with E-state index < -0.39 is 5.41 Å². The molecule has 4 aliphatic rings. The lowest BCUT2D eigenvalue weighted by atomic mass is 9.90. The maximum Gasteiger partial charge on any atom is 0.120 e. The monoisotopic (exact) mass is 820 g/mol. The Morgan fingerprint density at radius 2 is 0.574 bits per heavy atom. The summed E-state index contributed by atoms with van der Waals surface area (Å²) in [6.45, 7) is 27.2. The third kappa shape index (κ3) is 9.29. The number of allylic oxidation sites excluding steroid dienone is 4. The van der Waals surface area contributed by atoms with E-state index >= 15 is 0 Å². The van der Waals surface area contributed by atoms with E-state index in [0.29, 0.717) is 0 Å². The first-order valence-corrected chi connectivity index (χ1v) is 21.6. The number of ether oxygens (including phenoxy) is 4. The van der Waals surface area contributed by atoms with E-state index in [0.717, 1.165) is 68.0 Å². The van der Waals surface area contributed by atoms with Crippen molar-refractivity contribution < 1.29 is 18.9 Å². The van der Waals surface area contributed by atoms with Crippen LogP contribution < -0.4 is 40.2 Å². The Morgan fingerprint density at radius 3 is 0.787 bits per heavy atom. The van der Waals surface area contributed by atoms with Crippen LogP contribution in [0.15, 0.2) is 97.1 Å². The number of hydrogen-bond donors (Lipinski definition) is 4. The second kappa shape index (κ2) is 15.3. The Bertz CT molecular complexity index is 2150. The molecule has 4 heterocycles. The molecule has 0 atom stereocenters. The number of benzene rings is 4. The molecule has 4 aromatic rings. The zero-order valence-electron chi connectivity index (χ0n) is 38.2. The van der Waals surface area contributed by atoms with Crippen LogP contribution in [-0.2, 0) is 0 Å². The molecule has 4 N–H and O–H groups in total. The SMILES string of the molecule is CC1=CC(C)(C)Nc2ccc(OCC(COc3ccc4c(c3)C(C)=CC(C)(C)N4)(COc3ccc4c(c3)C(C)=CC(C)(C)N4)COc3ccc4c(c3)C(C)=CC(C)(C)N4)cc21. The van der Waals surface area contributed by atoms with Crippen LogP contribution in [0.2, 0.25) is 0 Å². The molecular weight excluding hydrogens is 757 g/mol. The molecule has 8 rings (SSSR count). The molecule has 0 saturated carbocycles.